The number of hydrogen-bond donors (Lipinski definition) is 2. The zero-order valence-corrected chi connectivity index (χ0v) is 20.0. The van der Waals surface area contributed by atoms with E-state index in [0.717, 1.165) is 6.42 Å². The highest BCUT2D eigenvalue weighted by atomic mass is 79.9. The Kier molecular flexibility index (Phi) is 6.39. The number of hydrazone groups is 1. The minimum atomic E-state index is -0.122. The molecule has 1 aliphatic rings. The highest BCUT2D eigenvalue weighted by molar-refractivity contribution is 9.13. The third kappa shape index (κ3) is 4.83. The van der Waals surface area contributed by atoms with Crippen molar-refractivity contribution >= 4 is 44.0 Å². The molecule has 154 valence electrons. The molecule has 0 heterocycles. The Morgan fingerprint density at radius 3 is 2.52 bits per heavy atom. The minimum absolute atomic E-state index is 0.0520. The molecule has 0 radical (unpaired) electrons. The van der Waals surface area contributed by atoms with Crippen molar-refractivity contribution in [3.05, 3.63) is 56.0 Å². The van der Waals surface area contributed by atoms with E-state index in [-0.39, 0.29) is 28.9 Å². The smallest absolute Gasteiger partial charge is 0.243 e. The monoisotopic (exact) mass is 522 g/mol. The number of halogens is 2. The normalized spacial score (nSPS) is 18.7. The molecular weight excluding hydrogens is 500 g/mol. The fourth-order valence-corrected chi connectivity index (χ4v) is 4.04. The van der Waals surface area contributed by atoms with Crippen molar-refractivity contribution in [1.29, 1.82) is 0 Å². The van der Waals surface area contributed by atoms with Gasteiger partial charge in [0, 0.05) is 14.9 Å². The molecule has 1 fully saturated rings. The first-order valence-electron chi connectivity index (χ1n) is 9.31. The van der Waals surface area contributed by atoms with Crippen LogP contribution in [0, 0.1) is 5.92 Å². The molecule has 1 amide bonds. The first-order chi connectivity index (χ1) is 13.6. The summed E-state index contributed by atoms with van der Waals surface area (Å²) in [6, 6.07) is 10.2. The van der Waals surface area contributed by atoms with Gasteiger partial charge in [0.15, 0.2) is 11.5 Å². The first-order valence-corrected chi connectivity index (χ1v) is 10.9. The van der Waals surface area contributed by atoms with Crippen LogP contribution in [0.3, 0.4) is 0 Å². The summed E-state index contributed by atoms with van der Waals surface area (Å²) in [5.74, 6) is 0.286. The number of ether oxygens (including phenoxy) is 1. The van der Waals surface area contributed by atoms with Gasteiger partial charge in [0.05, 0.1) is 18.9 Å². The Labute approximate surface area is 187 Å². The molecule has 2 unspecified atom stereocenters. The van der Waals surface area contributed by atoms with Gasteiger partial charge in [-0.1, -0.05) is 45.0 Å². The standard InChI is InChI=1S/C22H24Br2N2O3/c1-22(2,3)13-7-5-12(6-8-13)14-9-15(14)21(28)26-25-11-16-19(24)17(23)10-18(29-4)20(16)27/h5-8,10-11,14-15,27H,9H2,1-4H3,(H,26,28)/b25-11+. The van der Waals surface area contributed by atoms with Crippen molar-refractivity contribution < 1.29 is 14.6 Å². The molecule has 0 bridgehead atoms. The number of carbonyl (C=O) groups excluding carboxylic acids is 1. The van der Waals surface area contributed by atoms with Gasteiger partial charge in [0.25, 0.3) is 0 Å². The van der Waals surface area contributed by atoms with Crippen molar-refractivity contribution in [2.75, 3.05) is 7.11 Å². The Balaban J connectivity index is 1.64. The Hall–Kier alpha value is -1.86. The molecule has 2 atom stereocenters. The molecule has 2 aromatic rings. The number of carbonyl (C=O) groups is 1. The molecule has 29 heavy (non-hydrogen) atoms. The first kappa shape index (κ1) is 21.8. The van der Waals surface area contributed by atoms with E-state index in [1.165, 1.54) is 24.5 Å². The summed E-state index contributed by atoms with van der Waals surface area (Å²) >= 11 is 6.79. The second-order valence-corrected chi connectivity index (χ2v) is 9.84. The fourth-order valence-electron chi connectivity index (χ4n) is 3.21. The molecular formula is C22H24Br2N2O3. The number of methoxy groups -OCH3 is 1. The van der Waals surface area contributed by atoms with Crippen molar-refractivity contribution in [1.82, 2.24) is 5.43 Å². The Morgan fingerprint density at radius 2 is 1.93 bits per heavy atom. The van der Waals surface area contributed by atoms with Crippen LogP contribution in [0.25, 0.3) is 0 Å². The third-order valence-electron chi connectivity index (χ3n) is 5.11. The van der Waals surface area contributed by atoms with Gasteiger partial charge in [-0.3, -0.25) is 4.79 Å². The van der Waals surface area contributed by atoms with Crippen LogP contribution < -0.4 is 10.2 Å². The summed E-state index contributed by atoms with van der Waals surface area (Å²) in [5.41, 5.74) is 5.57. The number of nitrogens with one attached hydrogen (secondary N) is 1. The molecule has 5 nitrogen and oxygen atoms in total. The molecule has 0 saturated heterocycles. The zero-order valence-electron chi connectivity index (χ0n) is 16.8. The van der Waals surface area contributed by atoms with Crippen molar-refractivity contribution in [3.63, 3.8) is 0 Å². The molecule has 1 saturated carbocycles. The lowest BCUT2D eigenvalue weighted by atomic mass is 9.86. The lowest BCUT2D eigenvalue weighted by Crippen LogP contribution is -2.20. The van der Waals surface area contributed by atoms with Crippen molar-refractivity contribution in [3.8, 4) is 11.5 Å². The van der Waals surface area contributed by atoms with Crippen molar-refractivity contribution in [2.45, 2.75) is 38.5 Å². The van der Waals surface area contributed by atoms with Gasteiger partial charge in [-0.05, 0) is 66.8 Å². The van der Waals surface area contributed by atoms with Crippen LogP contribution in [-0.4, -0.2) is 24.3 Å². The van der Waals surface area contributed by atoms with Crippen molar-refractivity contribution in [2.24, 2.45) is 11.0 Å². The topological polar surface area (TPSA) is 70.9 Å². The number of benzene rings is 2. The van der Waals surface area contributed by atoms with Gasteiger partial charge < -0.3 is 9.84 Å². The average molecular weight is 524 g/mol. The average Bonchev–Trinajstić information content (AvgIpc) is 3.47. The molecule has 2 N–H and O–H groups in total. The van der Waals surface area contributed by atoms with E-state index in [9.17, 15) is 9.90 Å². The van der Waals surface area contributed by atoms with E-state index in [1.54, 1.807) is 6.07 Å². The van der Waals surface area contributed by atoms with Gasteiger partial charge in [-0.25, -0.2) is 5.43 Å². The summed E-state index contributed by atoms with van der Waals surface area (Å²) in [4.78, 5) is 12.4. The van der Waals surface area contributed by atoms with Gasteiger partial charge in [0.2, 0.25) is 5.91 Å². The number of phenolic OH excluding ortho intramolecular Hbond substituents is 1. The maximum atomic E-state index is 12.4. The van der Waals surface area contributed by atoms with Crippen LogP contribution in [0.4, 0.5) is 0 Å². The SMILES string of the molecule is COc1cc(Br)c(Br)c(/C=N/NC(=O)C2CC2c2ccc(C(C)(C)C)cc2)c1O. The molecule has 1 aliphatic carbocycles. The van der Waals surface area contributed by atoms with Crippen LogP contribution >= 0.6 is 31.9 Å². The summed E-state index contributed by atoms with van der Waals surface area (Å²) < 4.78 is 6.47. The van der Waals surface area contributed by atoms with E-state index in [1.807, 2.05) is 0 Å². The fraction of sp³-hybridized carbons (Fsp3) is 0.364. The lowest BCUT2D eigenvalue weighted by Gasteiger charge is -2.19. The Morgan fingerprint density at radius 1 is 1.28 bits per heavy atom. The third-order valence-corrected chi connectivity index (χ3v) is 7.12. The minimum Gasteiger partial charge on any atom is -0.504 e. The van der Waals surface area contributed by atoms with Crippen LogP contribution in [0.15, 0.2) is 44.4 Å². The largest absolute Gasteiger partial charge is 0.504 e. The van der Waals surface area contributed by atoms with Gasteiger partial charge in [-0.2, -0.15) is 5.10 Å². The second kappa shape index (κ2) is 8.48. The maximum absolute atomic E-state index is 12.4. The number of aromatic hydroxyl groups is 1. The van der Waals surface area contributed by atoms with Gasteiger partial charge in [-0.15, -0.1) is 0 Å². The van der Waals surface area contributed by atoms with Crippen LogP contribution in [-0.2, 0) is 10.2 Å². The molecule has 0 spiro atoms. The Bertz CT molecular complexity index is 950. The number of rotatable bonds is 5. The van der Waals surface area contributed by atoms with Gasteiger partial charge in [0.1, 0.15) is 0 Å². The zero-order chi connectivity index (χ0) is 21.3. The van der Waals surface area contributed by atoms with E-state index in [0.29, 0.717) is 20.3 Å². The summed E-state index contributed by atoms with van der Waals surface area (Å²) in [6.07, 6.45) is 2.22. The summed E-state index contributed by atoms with van der Waals surface area (Å²) in [6.45, 7) is 6.55. The molecule has 7 heteroatoms. The molecule has 0 aliphatic heterocycles. The number of hydrogen-bond acceptors (Lipinski definition) is 4. The van der Waals surface area contributed by atoms with E-state index < -0.39 is 0 Å². The lowest BCUT2D eigenvalue weighted by molar-refractivity contribution is -0.122. The van der Waals surface area contributed by atoms with Crippen LogP contribution in [0.5, 0.6) is 11.5 Å². The quantitative estimate of drug-likeness (QED) is 0.403. The number of phenols is 1. The van der Waals surface area contributed by atoms with E-state index in [2.05, 4.69) is 87.4 Å². The second-order valence-electron chi connectivity index (χ2n) is 8.19. The molecule has 0 aromatic heterocycles. The predicted octanol–water partition coefficient (Wildman–Crippen LogP) is 5.48. The van der Waals surface area contributed by atoms with Crippen LogP contribution in [0.2, 0.25) is 0 Å². The van der Waals surface area contributed by atoms with Gasteiger partial charge >= 0.3 is 0 Å². The highest BCUT2D eigenvalue weighted by Gasteiger charge is 2.44. The highest BCUT2D eigenvalue weighted by Crippen LogP contribution is 2.47. The molecule has 3 rings (SSSR count). The van der Waals surface area contributed by atoms with Crippen LogP contribution in [0.1, 0.15) is 49.8 Å². The predicted molar refractivity (Wildman–Crippen MR) is 122 cm³/mol. The maximum Gasteiger partial charge on any atom is 0.243 e. The number of nitrogens with zero attached hydrogens (tertiary/aromatic N) is 1. The number of amides is 1. The van der Waals surface area contributed by atoms with E-state index in [4.69, 9.17) is 4.74 Å². The summed E-state index contributed by atoms with van der Waals surface area (Å²) in [5, 5.41) is 14.3. The molecule has 2 aromatic carbocycles. The van der Waals surface area contributed by atoms with E-state index >= 15 is 0 Å². The summed E-state index contributed by atoms with van der Waals surface area (Å²) in [7, 11) is 1.47.